The van der Waals surface area contributed by atoms with E-state index in [-0.39, 0.29) is 29.8 Å². The molecule has 1 aliphatic heterocycles. The van der Waals surface area contributed by atoms with E-state index in [9.17, 15) is 15.0 Å². The van der Waals surface area contributed by atoms with E-state index in [0.29, 0.717) is 6.42 Å². The van der Waals surface area contributed by atoms with Gasteiger partial charge in [-0.3, -0.25) is 9.69 Å². The first-order chi connectivity index (χ1) is 16.0. The van der Waals surface area contributed by atoms with Crippen LogP contribution in [0.5, 0.6) is 0 Å². The number of hydrogen-bond donors (Lipinski definition) is 3. The maximum atomic E-state index is 11.9. The summed E-state index contributed by atoms with van der Waals surface area (Å²) >= 11 is 1.75. The molecule has 2 aromatic heterocycles. The van der Waals surface area contributed by atoms with E-state index in [0.717, 1.165) is 37.6 Å². The standard InChI is InChI=1S/C27H34N2O3S/c1-16(21-15-28-22-8-3-7-20(26(21)22)24-10-5-13-33-24)14-25(30)29-17(2)11-12-18-19(27(31)32)6-4-9-23(18)29/h3,5,7-8,10,13,15-19,23,25,28,30H,4,6,9,11-12,14H2,1-2H3,(H,31,32). The summed E-state index contributed by atoms with van der Waals surface area (Å²) in [7, 11) is 0. The van der Waals surface area contributed by atoms with Crippen LogP contribution in [0.25, 0.3) is 21.3 Å². The molecule has 6 unspecified atom stereocenters. The summed E-state index contributed by atoms with van der Waals surface area (Å²) in [6.07, 6.45) is 6.75. The molecule has 0 spiro atoms. The third-order valence-corrected chi connectivity index (χ3v) is 9.02. The van der Waals surface area contributed by atoms with E-state index < -0.39 is 12.2 Å². The first-order valence-corrected chi connectivity index (χ1v) is 13.2. The average molecular weight is 467 g/mol. The van der Waals surface area contributed by atoms with Gasteiger partial charge in [0.15, 0.2) is 0 Å². The zero-order valence-electron chi connectivity index (χ0n) is 19.4. The average Bonchev–Trinajstić information content (AvgIpc) is 3.48. The van der Waals surface area contributed by atoms with E-state index in [4.69, 9.17) is 0 Å². The van der Waals surface area contributed by atoms with Gasteiger partial charge in [0.1, 0.15) is 6.23 Å². The number of aliphatic hydroxyl groups excluding tert-OH is 1. The number of carboxylic acids is 1. The Labute approximate surface area is 199 Å². The Morgan fingerprint density at radius 2 is 2.06 bits per heavy atom. The second-order valence-electron chi connectivity index (χ2n) is 10.0. The van der Waals surface area contributed by atoms with Crippen molar-refractivity contribution in [1.29, 1.82) is 0 Å². The second kappa shape index (κ2) is 9.24. The number of aromatic nitrogens is 1. The van der Waals surface area contributed by atoms with Gasteiger partial charge in [-0.25, -0.2) is 0 Å². The zero-order chi connectivity index (χ0) is 23.1. The number of thiophene rings is 1. The number of hydrogen-bond acceptors (Lipinski definition) is 4. The molecule has 1 saturated heterocycles. The Morgan fingerprint density at radius 3 is 2.82 bits per heavy atom. The highest BCUT2D eigenvalue weighted by Crippen LogP contribution is 2.44. The summed E-state index contributed by atoms with van der Waals surface area (Å²) < 4.78 is 0. The smallest absolute Gasteiger partial charge is 0.306 e. The van der Waals surface area contributed by atoms with Crippen molar-refractivity contribution in [2.24, 2.45) is 11.8 Å². The minimum absolute atomic E-state index is 0.149. The molecule has 0 bridgehead atoms. The van der Waals surface area contributed by atoms with Gasteiger partial charge in [0, 0.05) is 39.6 Å². The van der Waals surface area contributed by atoms with E-state index >= 15 is 0 Å². The number of benzene rings is 1. The van der Waals surface area contributed by atoms with Gasteiger partial charge in [0.2, 0.25) is 0 Å². The molecule has 5 rings (SSSR count). The maximum Gasteiger partial charge on any atom is 0.306 e. The minimum atomic E-state index is -0.665. The van der Waals surface area contributed by atoms with E-state index in [1.54, 1.807) is 11.3 Å². The normalized spacial score (nSPS) is 27.8. The minimum Gasteiger partial charge on any atom is -0.481 e. The molecule has 176 valence electrons. The van der Waals surface area contributed by atoms with E-state index in [2.05, 4.69) is 65.6 Å². The maximum absolute atomic E-state index is 11.9. The first kappa shape index (κ1) is 22.6. The largest absolute Gasteiger partial charge is 0.481 e. The van der Waals surface area contributed by atoms with Gasteiger partial charge in [-0.2, -0.15) is 0 Å². The molecule has 0 radical (unpaired) electrons. The lowest BCUT2D eigenvalue weighted by Gasteiger charge is -2.51. The molecule has 0 amide bonds. The van der Waals surface area contributed by atoms with Crippen molar-refractivity contribution in [2.45, 2.75) is 76.6 Å². The number of aliphatic hydroxyl groups is 1. The van der Waals surface area contributed by atoms with Crippen LogP contribution in [0.1, 0.15) is 63.9 Å². The Kier molecular flexibility index (Phi) is 6.34. The molecule has 1 saturated carbocycles. The molecule has 1 aliphatic carbocycles. The number of nitrogens with zero attached hydrogens (tertiary/aromatic N) is 1. The molecule has 6 atom stereocenters. The van der Waals surface area contributed by atoms with Crippen LogP contribution in [0.4, 0.5) is 0 Å². The fraction of sp³-hybridized carbons (Fsp3) is 0.519. The molecule has 6 heteroatoms. The predicted molar refractivity (Wildman–Crippen MR) is 133 cm³/mol. The van der Waals surface area contributed by atoms with Crippen LogP contribution < -0.4 is 0 Å². The Bertz CT molecular complexity index is 1110. The monoisotopic (exact) mass is 466 g/mol. The number of nitrogens with one attached hydrogen (secondary N) is 1. The van der Waals surface area contributed by atoms with Crippen LogP contribution in [0.15, 0.2) is 41.9 Å². The van der Waals surface area contributed by atoms with E-state index in [1.165, 1.54) is 21.4 Å². The van der Waals surface area contributed by atoms with Gasteiger partial charge in [0.05, 0.1) is 5.92 Å². The summed E-state index contributed by atoms with van der Waals surface area (Å²) in [6.45, 7) is 4.39. The summed E-state index contributed by atoms with van der Waals surface area (Å²) in [6, 6.07) is 11.1. The summed E-state index contributed by atoms with van der Waals surface area (Å²) in [5.74, 6) is -0.621. The van der Waals surface area contributed by atoms with Crippen LogP contribution in [0.2, 0.25) is 0 Å². The molecule has 33 heavy (non-hydrogen) atoms. The fourth-order valence-electron chi connectivity index (χ4n) is 6.54. The van der Waals surface area contributed by atoms with Crippen molar-refractivity contribution in [1.82, 2.24) is 9.88 Å². The van der Waals surface area contributed by atoms with Gasteiger partial charge in [-0.1, -0.05) is 31.5 Å². The summed E-state index contributed by atoms with van der Waals surface area (Å²) in [5.41, 5.74) is 3.60. The molecule has 3 N–H and O–H groups in total. The summed E-state index contributed by atoms with van der Waals surface area (Å²) in [4.78, 5) is 18.8. The Balaban J connectivity index is 1.40. The number of carbonyl (C=O) groups is 1. The number of carboxylic acid groups (broad SMARTS) is 1. The molecule has 3 heterocycles. The molecule has 5 nitrogen and oxygen atoms in total. The number of aromatic amines is 1. The van der Waals surface area contributed by atoms with Crippen molar-refractivity contribution in [3.05, 3.63) is 47.5 Å². The molecule has 2 fully saturated rings. The lowest BCUT2D eigenvalue weighted by Crippen LogP contribution is -2.58. The number of piperidine rings is 1. The number of aliphatic carboxylic acids is 1. The van der Waals surface area contributed by atoms with Gasteiger partial charge in [-0.15, -0.1) is 11.3 Å². The van der Waals surface area contributed by atoms with Crippen LogP contribution in [0.3, 0.4) is 0 Å². The van der Waals surface area contributed by atoms with Crippen LogP contribution in [-0.2, 0) is 4.79 Å². The Morgan fingerprint density at radius 1 is 1.21 bits per heavy atom. The number of rotatable bonds is 6. The lowest BCUT2D eigenvalue weighted by molar-refractivity contribution is -0.154. The topological polar surface area (TPSA) is 76.6 Å². The fourth-order valence-corrected chi connectivity index (χ4v) is 7.30. The number of fused-ring (bicyclic) bond motifs is 2. The van der Waals surface area contributed by atoms with Crippen molar-refractivity contribution in [3.8, 4) is 10.4 Å². The van der Waals surface area contributed by atoms with Crippen molar-refractivity contribution >= 4 is 28.2 Å². The van der Waals surface area contributed by atoms with Crippen molar-refractivity contribution in [2.75, 3.05) is 0 Å². The Hall–Kier alpha value is -2.15. The highest BCUT2D eigenvalue weighted by Gasteiger charge is 2.46. The van der Waals surface area contributed by atoms with Crippen LogP contribution in [0, 0.1) is 11.8 Å². The highest BCUT2D eigenvalue weighted by atomic mass is 32.1. The first-order valence-electron chi connectivity index (χ1n) is 12.3. The molecule has 3 aromatic rings. The quantitative estimate of drug-likeness (QED) is 0.413. The lowest BCUT2D eigenvalue weighted by atomic mass is 9.69. The predicted octanol–water partition coefficient (Wildman–Crippen LogP) is 6.06. The third kappa shape index (κ3) is 4.13. The number of likely N-dealkylation sites (tertiary alicyclic amines) is 1. The zero-order valence-corrected chi connectivity index (χ0v) is 20.2. The van der Waals surface area contributed by atoms with Gasteiger partial charge in [0.25, 0.3) is 0 Å². The molecular weight excluding hydrogens is 432 g/mol. The highest BCUT2D eigenvalue weighted by molar-refractivity contribution is 7.13. The SMILES string of the molecule is CC(CC(O)N1C(C)CCC2C(C(=O)O)CCCC21)c1c[nH]c2cccc(-c3cccs3)c12. The van der Waals surface area contributed by atoms with Crippen molar-refractivity contribution in [3.63, 3.8) is 0 Å². The van der Waals surface area contributed by atoms with E-state index in [1.807, 2.05) is 0 Å². The van der Waals surface area contributed by atoms with Gasteiger partial charge >= 0.3 is 5.97 Å². The molecular formula is C27H34N2O3S. The molecule has 2 aliphatic rings. The van der Waals surface area contributed by atoms with Crippen LogP contribution in [-0.4, -0.2) is 44.4 Å². The molecule has 1 aromatic carbocycles. The summed E-state index contributed by atoms with van der Waals surface area (Å²) in [5, 5.41) is 24.6. The van der Waals surface area contributed by atoms with Gasteiger partial charge in [-0.05, 0) is 73.9 Å². The van der Waals surface area contributed by atoms with Crippen molar-refractivity contribution < 1.29 is 15.0 Å². The van der Waals surface area contributed by atoms with Crippen LogP contribution >= 0.6 is 11.3 Å². The number of H-pyrrole nitrogens is 1. The second-order valence-corrected chi connectivity index (χ2v) is 11.0. The third-order valence-electron chi connectivity index (χ3n) is 8.12. The van der Waals surface area contributed by atoms with Gasteiger partial charge < -0.3 is 15.2 Å².